The molecule has 0 atom stereocenters. The molecule has 0 saturated heterocycles. The summed E-state index contributed by atoms with van der Waals surface area (Å²) in [6.07, 6.45) is 0. The molecule has 0 aliphatic carbocycles. The number of aromatic nitrogens is 2. The van der Waals surface area contributed by atoms with Gasteiger partial charge < -0.3 is 10.6 Å². The highest BCUT2D eigenvalue weighted by molar-refractivity contribution is 5.31. The molecule has 72 valence electrons. The molecule has 4 nitrogen and oxygen atoms in total. The van der Waals surface area contributed by atoms with Gasteiger partial charge in [-0.25, -0.2) is 14.4 Å². The number of halogens is 1. The Morgan fingerprint density at radius 2 is 2.00 bits per heavy atom. The van der Waals surface area contributed by atoms with Crippen molar-refractivity contribution in [2.24, 2.45) is 0 Å². The average Bonchev–Trinajstić information content (AvgIpc) is 1.98. The lowest BCUT2D eigenvalue weighted by atomic mass is 10.4. The zero-order chi connectivity index (χ0) is 10.0. The van der Waals surface area contributed by atoms with Crippen LogP contribution in [0.25, 0.3) is 0 Å². The number of nitrogen functional groups attached to an aromatic ring is 1. The van der Waals surface area contributed by atoms with Crippen molar-refractivity contribution in [2.75, 3.05) is 19.8 Å². The number of nitrogens with zero attached hydrogens (tertiary/aromatic N) is 3. The topological polar surface area (TPSA) is 55.0 Å². The molecule has 0 unspecified atom stereocenters. The van der Waals surface area contributed by atoms with Gasteiger partial charge in [-0.15, -0.1) is 0 Å². The number of anilines is 1. The lowest BCUT2D eigenvalue weighted by molar-refractivity contribution is 0.389. The summed E-state index contributed by atoms with van der Waals surface area (Å²) in [6, 6.07) is 0. The molecule has 0 amide bonds. The fourth-order valence-corrected chi connectivity index (χ4v) is 0.995. The molecule has 0 spiro atoms. The van der Waals surface area contributed by atoms with Crippen LogP contribution in [0.15, 0.2) is 0 Å². The fourth-order valence-electron chi connectivity index (χ4n) is 0.995. The van der Waals surface area contributed by atoms with Crippen molar-refractivity contribution in [3.05, 3.63) is 17.3 Å². The first kappa shape index (κ1) is 9.85. The molecule has 5 heteroatoms. The molecule has 1 heterocycles. The first-order valence-corrected chi connectivity index (χ1v) is 3.94. The van der Waals surface area contributed by atoms with Crippen LogP contribution in [0, 0.1) is 12.7 Å². The van der Waals surface area contributed by atoms with Crippen molar-refractivity contribution in [1.29, 1.82) is 0 Å². The van der Waals surface area contributed by atoms with Crippen molar-refractivity contribution in [1.82, 2.24) is 14.9 Å². The molecule has 0 aromatic carbocycles. The quantitative estimate of drug-likeness (QED) is 0.730. The van der Waals surface area contributed by atoms with Crippen molar-refractivity contribution in [3.63, 3.8) is 0 Å². The van der Waals surface area contributed by atoms with Gasteiger partial charge in [-0.2, -0.15) is 0 Å². The summed E-state index contributed by atoms with van der Waals surface area (Å²) in [5.41, 5.74) is 5.65. The lowest BCUT2D eigenvalue weighted by Crippen LogP contribution is -2.15. The van der Waals surface area contributed by atoms with E-state index in [-0.39, 0.29) is 5.82 Å². The molecular weight excluding hydrogens is 171 g/mol. The highest BCUT2D eigenvalue weighted by atomic mass is 19.1. The number of rotatable bonds is 2. The Labute approximate surface area is 76.6 Å². The second-order valence-electron chi connectivity index (χ2n) is 3.16. The van der Waals surface area contributed by atoms with Crippen LogP contribution in [0.2, 0.25) is 0 Å². The van der Waals surface area contributed by atoms with E-state index < -0.39 is 5.82 Å². The minimum Gasteiger partial charge on any atom is -0.381 e. The van der Waals surface area contributed by atoms with Crippen molar-refractivity contribution < 1.29 is 4.39 Å². The average molecular weight is 184 g/mol. The molecule has 13 heavy (non-hydrogen) atoms. The van der Waals surface area contributed by atoms with Crippen molar-refractivity contribution in [3.8, 4) is 0 Å². The number of nitrogens with two attached hydrogens (primary N) is 1. The van der Waals surface area contributed by atoms with E-state index in [0.717, 1.165) is 0 Å². The standard InChI is InChI=1S/C8H13FN4/c1-5-7(9)8(10)12-6(11-5)4-13(2)3/h4H2,1-3H3,(H2,10,11,12). The Balaban J connectivity index is 2.99. The van der Waals surface area contributed by atoms with Gasteiger partial charge in [-0.3, -0.25) is 0 Å². The Morgan fingerprint density at radius 1 is 1.38 bits per heavy atom. The predicted molar refractivity (Wildman–Crippen MR) is 48.5 cm³/mol. The van der Waals surface area contributed by atoms with Crippen LogP contribution in [0.4, 0.5) is 10.2 Å². The Morgan fingerprint density at radius 3 is 2.46 bits per heavy atom. The third-order valence-electron chi connectivity index (χ3n) is 1.55. The SMILES string of the molecule is Cc1nc(CN(C)C)nc(N)c1F. The smallest absolute Gasteiger partial charge is 0.186 e. The van der Waals surface area contributed by atoms with E-state index >= 15 is 0 Å². The molecule has 0 fully saturated rings. The highest BCUT2D eigenvalue weighted by Gasteiger charge is 2.08. The van der Waals surface area contributed by atoms with Gasteiger partial charge in [-0.1, -0.05) is 0 Å². The van der Waals surface area contributed by atoms with Crippen LogP contribution in [-0.4, -0.2) is 29.0 Å². The van der Waals surface area contributed by atoms with Crippen LogP contribution in [-0.2, 0) is 6.54 Å². The van der Waals surface area contributed by atoms with Gasteiger partial charge in [0.2, 0.25) is 0 Å². The summed E-state index contributed by atoms with van der Waals surface area (Å²) in [7, 11) is 3.77. The molecule has 0 bridgehead atoms. The summed E-state index contributed by atoms with van der Waals surface area (Å²) in [4.78, 5) is 9.68. The van der Waals surface area contributed by atoms with Crippen LogP contribution in [0.1, 0.15) is 11.5 Å². The zero-order valence-corrected chi connectivity index (χ0v) is 8.00. The Bertz CT molecular complexity index is 288. The van der Waals surface area contributed by atoms with Gasteiger partial charge >= 0.3 is 0 Å². The summed E-state index contributed by atoms with van der Waals surface area (Å²) in [5, 5.41) is 0. The molecule has 0 saturated carbocycles. The molecule has 1 rings (SSSR count). The maximum Gasteiger partial charge on any atom is 0.186 e. The molecule has 0 aliphatic rings. The molecule has 0 radical (unpaired) electrons. The largest absolute Gasteiger partial charge is 0.381 e. The monoisotopic (exact) mass is 184 g/mol. The third kappa shape index (κ3) is 2.35. The molecule has 2 N–H and O–H groups in total. The summed E-state index contributed by atoms with van der Waals surface area (Å²) >= 11 is 0. The predicted octanol–water partition coefficient (Wildman–Crippen LogP) is 0.568. The summed E-state index contributed by atoms with van der Waals surface area (Å²) in [5.74, 6) is -0.0618. The van der Waals surface area contributed by atoms with Crippen molar-refractivity contribution >= 4 is 5.82 Å². The van der Waals surface area contributed by atoms with Gasteiger partial charge in [0.1, 0.15) is 5.82 Å². The van der Waals surface area contributed by atoms with Gasteiger partial charge in [0.05, 0.1) is 12.2 Å². The van der Waals surface area contributed by atoms with Gasteiger partial charge in [0, 0.05) is 0 Å². The maximum absolute atomic E-state index is 13.0. The molecule has 1 aromatic rings. The molecule has 0 aliphatic heterocycles. The van der Waals surface area contributed by atoms with E-state index in [1.807, 2.05) is 19.0 Å². The Hall–Kier alpha value is -1.23. The van der Waals surface area contributed by atoms with Gasteiger partial charge in [0.25, 0.3) is 0 Å². The third-order valence-corrected chi connectivity index (χ3v) is 1.55. The van der Waals surface area contributed by atoms with Crippen LogP contribution in [0.5, 0.6) is 0 Å². The zero-order valence-electron chi connectivity index (χ0n) is 8.00. The first-order chi connectivity index (χ1) is 6.00. The van der Waals surface area contributed by atoms with E-state index in [0.29, 0.717) is 18.1 Å². The van der Waals surface area contributed by atoms with Crippen LogP contribution >= 0.6 is 0 Å². The molecular formula is C8H13FN4. The lowest BCUT2D eigenvalue weighted by Gasteiger charge is -2.09. The number of hydrogen-bond donors (Lipinski definition) is 1. The van der Waals surface area contributed by atoms with Gasteiger partial charge in [0.15, 0.2) is 11.6 Å². The van der Waals surface area contributed by atoms with E-state index in [2.05, 4.69) is 9.97 Å². The number of aryl methyl sites for hydroxylation is 1. The number of hydrogen-bond acceptors (Lipinski definition) is 4. The normalized spacial score (nSPS) is 10.8. The molecule has 1 aromatic heterocycles. The van der Waals surface area contributed by atoms with Crippen molar-refractivity contribution in [2.45, 2.75) is 13.5 Å². The Kier molecular flexibility index (Phi) is 2.77. The van der Waals surface area contributed by atoms with E-state index in [9.17, 15) is 4.39 Å². The maximum atomic E-state index is 13.0. The minimum atomic E-state index is -0.525. The fraction of sp³-hybridized carbons (Fsp3) is 0.500. The van der Waals surface area contributed by atoms with E-state index in [1.165, 1.54) is 0 Å². The minimum absolute atomic E-state index is 0.0793. The van der Waals surface area contributed by atoms with Crippen LogP contribution < -0.4 is 5.73 Å². The highest BCUT2D eigenvalue weighted by Crippen LogP contribution is 2.10. The summed E-state index contributed by atoms with van der Waals surface area (Å²) < 4.78 is 13.0. The second-order valence-corrected chi connectivity index (χ2v) is 3.16. The summed E-state index contributed by atoms with van der Waals surface area (Å²) in [6.45, 7) is 2.14. The van der Waals surface area contributed by atoms with Gasteiger partial charge in [-0.05, 0) is 21.0 Å². The van der Waals surface area contributed by atoms with E-state index in [4.69, 9.17) is 5.73 Å². The van der Waals surface area contributed by atoms with E-state index in [1.54, 1.807) is 6.92 Å². The first-order valence-electron chi connectivity index (χ1n) is 3.94. The second kappa shape index (κ2) is 3.66. The van der Waals surface area contributed by atoms with Crippen LogP contribution in [0.3, 0.4) is 0 Å².